The summed E-state index contributed by atoms with van der Waals surface area (Å²) in [6.45, 7) is 3.56. The van der Waals surface area contributed by atoms with Gasteiger partial charge < -0.3 is 4.42 Å². The van der Waals surface area contributed by atoms with Crippen LogP contribution in [0.2, 0.25) is 0 Å². The molecule has 144 valence electrons. The van der Waals surface area contributed by atoms with Crippen molar-refractivity contribution < 1.29 is 9.21 Å². The van der Waals surface area contributed by atoms with Gasteiger partial charge in [-0.2, -0.15) is 10.2 Å². The number of carbonyl (C=O) groups is 1. The molecule has 6 heteroatoms. The molecule has 0 bridgehead atoms. The highest BCUT2D eigenvalue weighted by atomic mass is 16.3. The number of furan rings is 1. The summed E-state index contributed by atoms with van der Waals surface area (Å²) < 4.78 is 7.20. The average molecular weight is 384 g/mol. The summed E-state index contributed by atoms with van der Waals surface area (Å²) in [5.41, 5.74) is 6.52. The van der Waals surface area contributed by atoms with Crippen molar-refractivity contribution in [2.75, 3.05) is 0 Å². The molecule has 2 aromatic heterocycles. The van der Waals surface area contributed by atoms with E-state index >= 15 is 0 Å². The maximum absolute atomic E-state index is 12.3. The molecule has 1 amide bonds. The average Bonchev–Trinajstić information content (AvgIpc) is 3.32. The van der Waals surface area contributed by atoms with Gasteiger partial charge >= 0.3 is 0 Å². The minimum absolute atomic E-state index is 0.313. The number of aryl methyl sites for hydroxylation is 2. The van der Waals surface area contributed by atoms with Crippen molar-refractivity contribution in [3.05, 3.63) is 95.6 Å². The van der Waals surface area contributed by atoms with Gasteiger partial charge in [-0.25, -0.2) is 10.1 Å². The predicted octanol–water partition coefficient (Wildman–Crippen LogP) is 4.51. The fourth-order valence-electron chi connectivity index (χ4n) is 3.09. The first kappa shape index (κ1) is 18.4. The van der Waals surface area contributed by atoms with Crippen molar-refractivity contribution >= 4 is 12.1 Å². The Morgan fingerprint density at radius 2 is 1.76 bits per heavy atom. The molecule has 29 heavy (non-hydrogen) atoms. The van der Waals surface area contributed by atoms with Gasteiger partial charge in [-0.05, 0) is 32.0 Å². The molecule has 0 fully saturated rings. The fraction of sp³-hybridized carbons (Fsp3) is 0.0870. The number of carbonyl (C=O) groups excluding carboxylic acids is 1. The summed E-state index contributed by atoms with van der Waals surface area (Å²) in [6.07, 6.45) is 3.50. The highest BCUT2D eigenvalue weighted by Gasteiger charge is 2.14. The van der Waals surface area contributed by atoms with Crippen molar-refractivity contribution in [1.82, 2.24) is 15.2 Å². The number of hydrazone groups is 1. The second kappa shape index (κ2) is 7.98. The van der Waals surface area contributed by atoms with Crippen LogP contribution < -0.4 is 5.43 Å². The van der Waals surface area contributed by atoms with Crippen molar-refractivity contribution in [3.8, 4) is 16.9 Å². The zero-order valence-corrected chi connectivity index (χ0v) is 16.2. The van der Waals surface area contributed by atoms with Crippen molar-refractivity contribution in [2.24, 2.45) is 5.10 Å². The summed E-state index contributed by atoms with van der Waals surface area (Å²) in [4.78, 5) is 12.3. The second-order valence-electron chi connectivity index (χ2n) is 6.61. The topological polar surface area (TPSA) is 72.4 Å². The highest BCUT2D eigenvalue weighted by Crippen LogP contribution is 2.22. The molecule has 1 N–H and O–H groups in total. The number of hydrogen-bond acceptors (Lipinski definition) is 4. The van der Waals surface area contributed by atoms with E-state index in [1.165, 1.54) is 0 Å². The van der Waals surface area contributed by atoms with Crippen LogP contribution in [0.25, 0.3) is 16.9 Å². The van der Waals surface area contributed by atoms with Crippen LogP contribution in [0.1, 0.15) is 27.4 Å². The Morgan fingerprint density at radius 3 is 2.41 bits per heavy atom. The number of hydrogen-bond donors (Lipinski definition) is 1. The molecule has 0 saturated heterocycles. The number of amides is 1. The smallest absolute Gasteiger partial charge is 0.274 e. The van der Waals surface area contributed by atoms with Gasteiger partial charge in [-0.15, -0.1) is 0 Å². The summed E-state index contributed by atoms with van der Waals surface area (Å²) in [5, 5.41) is 8.86. The van der Waals surface area contributed by atoms with Crippen LogP contribution >= 0.6 is 0 Å². The van der Waals surface area contributed by atoms with Crippen molar-refractivity contribution in [1.29, 1.82) is 0 Å². The Labute approximate surface area is 168 Å². The molecule has 0 atom stereocenters. The summed E-state index contributed by atoms with van der Waals surface area (Å²) in [6, 6.07) is 21.4. The van der Waals surface area contributed by atoms with Crippen LogP contribution in [0.5, 0.6) is 0 Å². The molecule has 2 aromatic carbocycles. The Morgan fingerprint density at radius 1 is 1.07 bits per heavy atom. The number of para-hydroxylation sites is 1. The largest absolute Gasteiger partial charge is 0.466 e. The normalized spacial score (nSPS) is 11.1. The van der Waals surface area contributed by atoms with Crippen LogP contribution in [0.4, 0.5) is 0 Å². The predicted molar refractivity (Wildman–Crippen MR) is 112 cm³/mol. The van der Waals surface area contributed by atoms with E-state index in [0.717, 1.165) is 22.5 Å². The molecule has 0 aliphatic carbocycles. The van der Waals surface area contributed by atoms with Crippen LogP contribution in [-0.2, 0) is 0 Å². The molecule has 0 radical (unpaired) electrons. The Kier molecular flexibility index (Phi) is 5.07. The fourth-order valence-corrected chi connectivity index (χ4v) is 3.09. The van der Waals surface area contributed by atoms with E-state index in [0.29, 0.717) is 17.1 Å². The van der Waals surface area contributed by atoms with Gasteiger partial charge in [0, 0.05) is 17.3 Å². The molecule has 0 unspecified atom stereocenters. The number of aromatic nitrogens is 2. The zero-order chi connectivity index (χ0) is 20.2. The van der Waals surface area contributed by atoms with E-state index in [1.54, 1.807) is 30.8 Å². The summed E-state index contributed by atoms with van der Waals surface area (Å²) in [7, 11) is 0. The van der Waals surface area contributed by atoms with E-state index in [1.807, 2.05) is 66.9 Å². The van der Waals surface area contributed by atoms with Crippen LogP contribution in [0.15, 0.2) is 82.4 Å². The summed E-state index contributed by atoms with van der Waals surface area (Å²) >= 11 is 0. The van der Waals surface area contributed by atoms with Gasteiger partial charge in [0.25, 0.3) is 5.91 Å². The summed E-state index contributed by atoms with van der Waals surface area (Å²) in [5.74, 6) is 0.941. The lowest BCUT2D eigenvalue weighted by atomic mass is 10.1. The number of benzene rings is 2. The molecule has 0 aliphatic rings. The van der Waals surface area contributed by atoms with Gasteiger partial charge in [0.15, 0.2) is 0 Å². The maximum Gasteiger partial charge on any atom is 0.274 e. The van der Waals surface area contributed by atoms with Gasteiger partial charge in [-0.3, -0.25) is 4.79 Å². The molecule has 6 nitrogen and oxygen atoms in total. The van der Waals surface area contributed by atoms with Crippen LogP contribution in [0, 0.1) is 13.8 Å². The first-order chi connectivity index (χ1) is 14.1. The first-order valence-corrected chi connectivity index (χ1v) is 9.23. The third-order valence-electron chi connectivity index (χ3n) is 4.47. The Bertz CT molecular complexity index is 1160. The lowest BCUT2D eigenvalue weighted by Gasteiger charge is -2.00. The van der Waals surface area contributed by atoms with Crippen molar-refractivity contribution in [3.63, 3.8) is 0 Å². The SMILES string of the molecule is Cc1cc(C(=O)N/N=C\c2cn(-c3ccccc3)nc2-c2ccccc2)c(C)o1. The molecule has 0 aliphatic heterocycles. The highest BCUT2D eigenvalue weighted by molar-refractivity contribution is 5.96. The van der Waals surface area contributed by atoms with Gasteiger partial charge in [0.2, 0.25) is 0 Å². The van der Waals surface area contributed by atoms with E-state index in [4.69, 9.17) is 9.52 Å². The monoisotopic (exact) mass is 384 g/mol. The number of nitrogens with one attached hydrogen (secondary N) is 1. The minimum Gasteiger partial charge on any atom is -0.466 e. The molecule has 4 rings (SSSR count). The van der Waals surface area contributed by atoms with Crippen LogP contribution in [-0.4, -0.2) is 21.9 Å². The standard InChI is InChI=1S/C23H20N4O2/c1-16-13-21(17(2)29-16)23(28)25-24-14-19-15-27(20-11-7-4-8-12-20)26-22(19)18-9-5-3-6-10-18/h3-15H,1-2H3,(H,25,28)/b24-14-. The maximum atomic E-state index is 12.3. The third-order valence-corrected chi connectivity index (χ3v) is 4.47. The number of nitrogens with zero attached hydrogens (tertiary/aromatic N) is 3. The second-order valence-corrected chi connectivity index (χ2v) is 6.61. The quantitative estimate of drug-likeness (QED) is 0.406. The third kappa shape index (κ3) is 4.01. The Balaban J connectivity index is 1.63. The van der Waals surface area contributed by atoms with E-state index in [2.05, 4.69) is 10.5 Å². The van der Waals surface area contributed by atoms with Crippen LogP contribution in [0.3, 0.4) is 0 Å². The first-order valence-electron chi connectivity index (χ1n) is 9.23. The minimum atomic E-state index is -0.313. The lowest BCUT2D eigenvalue weighted by Crippen LogP contribution is -2.17. The molecular weight excluding hydrogens is 364 g/mol. The van der Waals surface area contributed by atoms with Gasteiger partial charge in [0.1, 0.15) is 17.2 Å². The molecule has 0 saturated carbocycles. The lowest BCUT2D eigenvalue weighted by molar-refractivity contribution is 0.0953. The molecule has 4 aromatic rings. The molecule has 0 spiro atoms. The van der Waals surface area contributed by atoms with E-state index in [-0.39, 0.29) is 5.91 Å². The molecule has 2 heterocycles. The van der Waals surface area contributed by atoms with E-state index in [9.17, 15) is 4.79 Å². The van der Waals surface area contributed by atoms with E-state index < -0.39 is 0 Å². The van der Waals surface area contributed by atoms with Crippen molar-refractivity contribution in [2.45, 2.75) is 13.8 Å². The number of rotatable bonds is 5. The van der Waals surface area contributed by atoms with Gasteiger partial charge in [0.05, 0.1) is 17.5 Å². The zero-order valence-electron chi connectivity index (χ0n) is 16.2. The molecular formula is C23H20N4O2. The van der Waals surface area contributed by atoms with Gasteiger partial charge in [-0.1, -0.05) is 48.5 Å². The Hall–Kier alpha value is -3.93.